The van der Waals surface area contributed by atoms with Gasteiger partial charge in [-0.15, -0.1) is 0 Å². The normalized spacial score (nSPS) is 15.0. The van der Waals surface area contributed by atoms with Crippen molar-refractivity contribution in [1.29, 1.82) is 0 Å². The summed E-state index contributed by atoms with van der Waals surface area (Å²) in [7, 11) is 0. The molecule has 2 aromatic rings. The lowest BCUT2D eigenvalue weighted by molar-refractivity contribution is -0.121. The number of aliphatic hydroxyl groups is 1. The number of halogens is 1. The fourth-order valence-corrected chi connectivity index (χ4v) is 3.38. The van der Waals surface area contributed by atoms with Crippen molar-refractivity contribution in [1.82, 2.24) is 10.7 Å². The van der Waals surface area contributed by atoms with E-state index < -0.39 is 6.10 Å². The van der Waals surface area contributed by atoms with Gasteiger partial charge in [0.2, 0.25) is 5.91 Å². The number of β-amino-alcohol motifs (C(OH)–C–C–N with tert-alkyl or cyclic N) is 1. The van der Waals surface area contributed by atoms with Crippen molar-refractivity contribution < 1.29 is 14.6 Å². The lowest BCUT2D eigenvalue weighted by Crippen LogP contribution is -2.49. The smallest absolute Gasteiger partial charge is 0.240 e. The monoisotopic (exact) mass is 458 g/mol. The van der Waals surface area contributed by atoms with Gasteiger partial charge in [-0.2, -0.15) is 5.10 Å². The Bertz CT molecular complexity index is 960. The van der Waals surface area contributed by atoms with Gasteiger partial charge in [0.25, 0.3) is 0 Å². The van der Waals surface area contributed by atoms with Crippen LogP contribution < -0.4 is 20.8 Å². The highest BCUT2D eigenvalue weighted by Crippen LogP contribution is 2.22. The highest BCUT2D eigenvalue weighted by molar-refractivity contribution is 6.30. The molecule has 0 bridgehead atoms. The van der Waals surface area contributed by atoms with Gasteiger partial charge in [-0.25, -0.2) is 5.43 Å². The van der Waals surface area contributed by atoms with Gasteiger partial charge in [0.15, 0.2) is 0 Å². The van der Waals surface area contributed by atoms with Gasteiger partial charge in [0, 0.05) is 42.2 Å². The zero-order chi connectivity index (χ0) is 23.1. The molecule has 3 rings (SSSR count). The predicted molar refractivity (Wildman–Crippen MR) is 129 cm³/mol. The number of rotatable bonds is 10. The molecule has 0 saturated heterocycles. The standard InChI is InChI=1S/C24H31ClN4O3/c1-16-4-7-18(25)12-22(16)32-14-20(30)13-27-24(2,3)15-26-19-8-5-17(6-9-19)21-10-11-23(31)29-28-21/h4-9,12,20,26-27,30H,10-11,13-15H2,1-3H3,(H,29,31). The number of amides is 1. The van der Waals surface area contributed by atoms with E-state index in [0.29, 0.717) is 36.7 Å². The van der Waals surface area contributed by atoms with Gasteiger partial charge in [-0.05, 0) is 56.2 Å². The van der Waals surface area contributed by atoms with Crippen molar-refractivity contribution in [2.24, 2.45) is 5.10 Å². The number of ether oxygens (including phenoxy) is 1. The predicted octanol–water partition coefficient (Wildman–Crippen LogP) is 3.48. The van der Waals surface area contributed by atoms with Crippen LogP contribution in [0.2, 0.25) is 5.02 Å². The van der Waals surface area contributed by atoms with Gasteiger partial charge in [-0.1, -0.05) is 29.8 Å². The van der Waals surface area contributed by atoms with Crippen molar-refractivity contribution in [3.63, 3.8) is 0 Å². The zero-order valence-corrected chi connectivity index (χ0v) is 19.5. The van der Waals surface area contributed by atoms with Gasteiger partial charge in [0.1, 0.15) is 18.5 Å². The molecule has 4 N–H and O–H groups in total. The highest BCUT2D eigenvalue weighted by Gasteiger charge is 2.19. The van der Waals surface area contributed by atoms with Crippen LogP contribution >= 0.6 is 11.6 Å². The molecule has 0 saturated carbocycles. The van der Waals surface area contributed by atoms with Crippen molar-refractivity contribution in [3.05, 3.63) is 58.6 Å². The first-order chi connectivity index (χ1) is 15.2. The molecule has 2 aromatic carbocycles. The van der Waals surface area contributed by atoms with Gasteiger partial charge in [0.05, 0.1) is 5.71 Å². The van der Waals surface area contributed by atoms with Gasteiger partial charge < -0.3 is 20.5 Å². The number of hydrogen-bond donors (Lipinski definition) is 4. The molecule has 1 aliphatic heterocycles. The van der Waals surface area contributed by atoms with Crippen LogP contribution in [0.15, 0.2) is 47.6 Å². The quantitative estimate of drug-likeness (QED) is 0.437. The van der Waals surface area contributed by atoms with Crippen LogP contribution in [0.1, 0.15) is 37.8 Å². The topological polar surface area (TPSA) is 95.0 Å². The zero-order valence-electron chi connectivity index (χ0n) is 18.7. The summed E-state index contributed by atoms with van der Waals surface area (Å²) in [4.78, 5) is 11.2. The number of nitrogens with zero attached hydrogens (tertiary/aromatic N) is 1. The number of carbonyl (C=O) groups is 1. The molecule has 32 heavy (non-hydrogen) atoms. The largest absolute Gasteiger partial charge is 0.491 e. The van der Waals surface area contributed by atoms with E-state index in [0.717, 1.165) is 22.5 Å². The molecule has 8 heteroatoms. The van der Waals surface area contributed by atoms with Crippen LogP contribution in [0.25, 0.3) is 0 Å². The van der Waals surface area contributed by atoms with E-state index in [1.807, 2.05) is 43.3 Å². The second-order valence-corrected chi connectivity index (χ2v) is 9.10. The van der Waals surface area contributed by atoms with E-state index in [1.54, 1.807) is 6.07 Å². The average molecular weight is 459 g/mol. The third-order valence-electron chi connectivity index (χ3n) is 5.25. The van der Waals surface area contributed by atoms with E-state index >= 15 is 0 Å². The number of carbonyl (C=O) groups excluding carboxylic acids is 1. The summed E-state index contributed by atoms with van der Waals surface area (Å²) in [6, 6.07) is 13.5. The number of nitrogens with one attached hydrogen (secondary N) is 3. The molecular formula is C24H31ClN4O3. The Balaban J connectivity index is 1.42. The van der Waals surface area contributed by atoms with Crippen molar-refractivity contribution >= 4 is 28.9 Å². The Kier molecular flexibility index (Phi) is 8.12. The first-order valence-corrected chi connectivity index (χ1v) is 11.1. The Labute approximate surface area is 194 Å². The average Bonchev–Trinajstić information content (AvgIpc) is 2.78. The number of anilines is 1. The van der Waals surface area contributed by atoms with Crippen LogP contribution in [0, 0.1) is 6.92 Å². The molecule has 0 spiro atoms. The molecule has 1 amide bonds. The van der Waals surface area contributed by atoms with E-state index in [9.17, 15) is 9.90 Å². The molecule has 1 unspecified atom stereocenters. The van der Waals surface area contributed by atoms with E-state index in [1.165, 1.54) is 0 Å². The number of benzene rings is 2. The van der Waals surface area contributed by atoms with E-state index in [4.69, 9.17) is 16.3 Å². The second-order valence-electron chi connectivity index (χ2n) is 8.66. The van der Waals surface area contributed by atoms with Crippen LogP contribution in [-0.2, 0) is 4.79 Å². The third-order valence-corrected chi connectivity index (χ3v) is 5.49. The minimum atomic E-state index is -0.649. The Hall–Kier alpha value is -2.61. The third kappa shape index (κ3) is 7.22. The number of aliphatic hydroxyl groups excluding tert-OH is 1. The lowest BCUT2D eigenvalue weighted by Gasteiger charge is -2.28. The SMILES string of the molecule is Cc1ccc(Cl)cc1OCC(O)CNC(C)(C)CNc1ccc(C2=NNC(=O)CC2)cc1. The fourth-order valence-electron chi connectivity index (χ4n) is 3.22. The summed E-state index contributed by atoms with van der Waals surface area (Å²) in [6.07, 6.45) is 0.468. The maximum Gasteiger partial charge on any atom is 0.240 e. The summed E-state index contributed by atoms with van der Waals surface area (Å²) in [5.74, 6) is 0.639. The number of hydrazone groups is 1. The lowest BCUT2D eigenvalue weighted by atomic mass is 10.0. The molecule has 0 radical (unpaired) electrons. The summed E-state index contributed by atoms with van der Waals surface area (Å²) in [6.45, 7) is 7.34. The van der Waals surface area contributed by atoms with E-state index in [2.05, 4.69) is 35.0 Å². The molecule has 0 aliphatic carbocycles. The number of hydrogen-bond acceptors (Lipinski definition) is 6. The highest BCUT2D eigenvalue weighted by atomic mass is 35.5. The summed E-state index contributed by atoms with van der Waals surface area (Å²) >= 11 is 6.01. The molecule has 0 fully saturated rings. The molecule has 1 atom stereocenters. The van der Waals surface area contributed by atoms with Crippen LogP contribution in [0.4, 0.5) is 5.69 Å². The fraction of sp³-hybridized carbons (Fsp3) is 0.417. The Morgan fingerprint density at radius 3 is 2.66 bits per heavy atom. The molecule has 1 aliphatic rings. The van der Waals surface area contributed by atoms with Crippen LogP contribution in [0.3, 0.4) is 0 Å². The first-order valence-electron chi connectivity index (χ1n) is 10.7. The molecule has 7 nitrogen and oxygen atoms in total. The van der Waals surface area contributed by atoms with Crippen molar-refractivity contribution in [3.8, 4) is 5.75 Å². The maximum absolute atomic E-state index is 11.2. The molecule has 0 aromatic heterocycles. The summed E-state index contributed by atoms with van der Waals surface area (Å²) in [5, 5.41) is 21.8. The van der Waals surface area contributed by atoms with Crippen LogP contribution in [-0.4, -0.2) is 48.1 Å². The summed E-state index contributed by atoms with van der Waals surface area (Å²) in [5.41, 5.74) is 6.14. The number of aryl methyl sites for hydroxylation is 1. The van der Waals surface area contributed by atoms with Gasteiger partial charge >= 0.3 is 0 Å². The van der Waals surface area contributed by atoms with E-state index in [-0.39, 0.29) is 18.1 Å². The summed E-state index contributed by atoms with van der Waals surface area (Å²) < 4.78 is 5.72. The first kappa shape index (κ1) is 24.0. The Morgan fingerprint density at radius 1 is 1.22 bits per heavy atom. The van der Waals surface area contributed by atoms with Gasteiger partial charge in [-0.3, -0.25) is 4.79 Å². The molecular weight excluding hydrogens is 428 g/mol. The van der Waals surface area contributed by atoms with Crippen molar-refractivity contribution in [2.45, 2.75) is 45.3 Å². The van der Waals surface area contributed by atoms with Crippen molar-refractivity contribution in [2.75, 3.05) is 25.0 Å². The Morgan fingerprint density at radius 2 is 1.97 bits per heavy atom. The maximum atomic E-state index is 11.2. The molecule has 172 valence electrons. The van der Waals surface area contributed by atoms with Crippen LogP contribution in [0.5, 0.6) is 5.75 Å². The molecule has 1 heterocycles. The minimum Gasteiger partial charge on any atom is -0.491 e. The minimum absolute atomic E-state index is 0.0435. The second kappa shape index (κ2) is 10.8.